The number of anilines is 1. The Morgan fingerprint density at radius 1 is 1.26 bits per heavy atom. The lowest BCUT2D eigenvalue weighted by Crippen LogP contribution is -2.35. The zero-order chi connectivity index (χ0) is 19.2. The highest BCUT2D eigenvalue weighted by Crippen LogP contribution is 2.37. The van der Waals surface area contributed by atoms with Gasteiger partial charge < -0.3 is 14.4 Å². The molecule has 142 valence electrons. The Labute approximate surface area is 162 Å². The van der Waals surface area contributed by atoms with Crippen LogP contribution in [0.3, 0.4) is 0 Å². The van der Waals surface area contributed by atoms with Gasteiger partial charge in [0.1, 0.15) is 5.56 Å². The van der Waals surface area contributed by atoms with Gasteiger partial charge in [-0.1, -0.05) is 19.1 Å². The highest BCUT2D eigenvalue weighted by molar-refractivity contribution is 8.00. The molecule has 1 aliphatic rings. The number of carbonyl (C=O) groups is 2. The molecule has 1 amide bonds. The van der Waals surface area contributed by atoms with Crippen LogP contribution < -0.4 is 9.64 Å². The molecule has 0 saturated carbocycles. The summed E-state index contributed by atoms with van der Waals surface area (Å²) in [4.78, 5) is 31.9. The number of carbonyl (C=O) groups excluding carboxylic acids is 2. The topological polar surface area (TPSA) is 68.7 Å². The van der Waals surface area contributed by atoms with Crippen LogP contribution in [-0.4, -0.2) is 41.9 Å². The van der Waals surface area contributed by atoms with E-state index >= 15 is 0 Å². The number of ether oxygens (including phenoxy) is 2. The smallest absolute Gasteiger partial charge is 0.344 e. The summed E-state index contributed by atoms with van der Waals surface area (Å²) in [6.45, 7) is 4.61. The minimum atomic E-state index is -0.620. The molecular weight excluding hydrogens is 364 g/mol. The highest BCUT2D eigenvalue weighted by Gasteiger charge is 2.25. The number of thioether (sulfide) groups is 1. The number of hydrogen-bond donors (Lipinski definition) is 0. The van der Waals surface area contributed by atoms with Crippen LogP contribution in [0.2, 0.25) is 0 Å². The van der Waals surface area contributed by atoms with Gasteiger partial charge in [-0.05, 0) is 37.6 Å². The molecule has 0 bridgehead atoms. The SMILES string of the molecule is CCOc1ncccc1C(=O)OCC(=O)N1CCC(C)Sc2ccccc21. The normalized spacial score (nSPS) is 16.2. The summed E-state index contributed by atoms with van der Waals surface area (Å²) in [6, 6.07) is 11.0. The second kappa shape index (κ2) is 8.90. The molecule has 2 aromatic rings. The summed E-state index contributed by atoms with van der Waals surface area (Å²) < 4.78 is 10.6. The van der Waals surface area contributed by atoms with Gasteiger partial charge in [0, 0.05) is 22.9 Å². The molecule has 1 aliphatic heterocycles. The molecule has 6 nitrogen and oxygen atoms in total. The molecular formula is C20H22N2O4S. The number of aromatic nitrogens is 1. The summed E-state index contributed by atoms with van der Waals surface area (Å²) in [7, 11) is 0. The molecule has 0 fully saturated rings. The third-order valence-corrected chi connectivity index (χ3v) is 5.38. The number of amides is 1. The molecule has 0 N–H and O–H groups in total. The van der Waals surface area contributed by atoms with E-state index in [-0.39, 0.29) is 24.0 Å². The number of fused-ring (bicyclic) bond motifs is 1. The van der Waals surface area contributed by atoms with Crippen molar-refractivity contribution < 1.29 is 19.1 Å². The standard InChI is InChI=1S/C20H22N2O4S/c1-3-25-19-15(7-6-11-21-19)20(24)26-13-18(23)22-12-10-14(2)27-17-9-5-4-8-16(17)22/h4-9,11,14H,3,10,12-13H2,1-2H3. The molecule has 1 unspecified atom stereocenters. The van der Waals surface area contributed by atoms with Gasteiger partial charge in [0.05, 0.1) is 12.3 Å². The fraction of sp³-hybridized carbons (Fsp3) is 0.350. The van der Waals surface area contributed by atoms with Crippen molar-refractivity contribution >= 4 is 29.3 Å². The van der Waals surface area contributed by atoms with E-state index in [1.807, 2.05) is 31.2 Å². The second-order valence-electron chi connectivity index (χ2n) is 6.10. The summed E-state index contributed by atoms with van der Waals surface area (Å²) in [6.07, 6.45) is 2.41. The molecule has 1 atom stereocenters. The number of esters is 1. The molecule has 3 rings (SSSR count). The van der Waals surface area contributed by atoms with E-state index in [1.54, 1.807) is 35.0 Å². The van der Waals surface area contributed by atoms with Crippen LogP contribution in [0, 0.1) is 0 Å². The third kappa shape index (κ3) is 4.60. The fourth-order valence-electron chi connectivity index (χ4n) is 2.83. The Hall–Kier alpha value is -2.54. The van der Waals surface area contributed by atoms with Gasteiger partial charge in [-0.3, -0.25) is 4.79 Å². The van der Waals surface area contributed by atoms with E-state index in [4.69, 9.17) is 9.47 Å². The van der Waals surface area contributed by atoms with Gasteiger partial charge in [0.2, 0.25) is 5.88 Å². The van der Waals surface area contributed by atoms with Crippen LogP contribution in [0.15, 0.2) is 47.5 Å². The molecule has 0 aliphatic carbocycles. The number of nitrogens with zero attached hydrogens (tertiary/aromatic N) is 2. The lowest BCUT2D eigenvalue weighted by molar-refractivity contribution is -0.121. The summed E-state index contributed by atoms with van der Waals surface area (Å²) in [5, 5.41) is 0.413. The van der Waals surface area contributed by atoms with E-state index in [9.17, 15) is 9.59 Å². The fourth-order valence-corrected chi connectivity index (χ4v) is 3.94. The van der Waals surface area contributed by atoms with Crippen molar-refractivity contribution in [3.05, 3.63) is 48.2 Å². The van der Waals surface area contributed by atoms with Crippen molar-refractivity contribution in [1.29, 1.82) is 0 Å². The van der Waals surface area contributed by atoms with Gasteiger partial charge >= 0.3 is 5.97 Å². The van der Waals surface area contributed by atoms with Gasteiger partial charge in [-0.15, -0.1) is 11.8 Å². The molecule has 7 heteroatoms. The van der Waals surface area contributed by atoms with Crippen LogP contribution in [0.25, 0.3) is 0 Å². The first-order valence-corrected chi connectivity index (χ1v) is 9.79. The van der Waals surface area contributed by atoms with Crippen molar-refractivity contribution in [2.45, 2.75) is 30.4 Å². The Balaban J connectivity index is 1.70. The van der Waals surface area contributed by atoms with Crippen molar-refractivity contribution in [3.8, 4) is 5.88 Å². The van der Waals surface area contributed by atoms with Crippen LogP contribution in [0.5, 0.6) is 5.88 Å². The number of pyridine rings is 1. The number of benzene rings is 1. The Morgan fingerprint density at radius 2 is 2.07 bits per heavy atom. The first-order valence-electron chi connectivity index (χ1n) is 8.91. The molecule has 1 aromatic carbocycles. The van der Waals surface area contributed by atoms with Crippen molar-refractivity contribution in [2.24, 2.45) is 0 Å². The van der Waals surface area contributed by atoms with Crippen LogP contribution >= 0.6 is 11.8 Å². The Kier molecular flexibility index (Phi) is 6.34. The van der Waals surface area contributed by atoms with Gasteiger partial charge in [-0.2, -0.15) is 0 Å². The van der Waals surface area contributed by atoms with Gasteiger partial charge in [0.25, 0.3) is 5.91 Å². The number of rotatable bonds is 5. The number of hydrogen-bond acceptors (Lipinski definition) is 6. The van der Waals surface area contributed by atoms with Crippen LogP contribution in [0.1, 0.15) is 30.6 Å². The quantitative estimate of drug-likeness (QED) is 0.732. The maximum atomic E-state index is 12.8. The minimum Gasteiger partial charge on any atom is -0.477 e. The van der Waals surface area contributed by atoms with Crippen molar-refractivity contribution in [3.63, 3.8) is 0 Å². The van der Waals surface area contributed by atoms with Crippen LogP contribution in [-0.2, 0) is 9.53 Å². The zero-order valence-electron chi connectivity index (χ0n) is 15.4. The predicted octanol–water partition coefficient (Wildman–Crippen LogP) is 3.55. The average molecular weight is 386 g/mol. The Morgan fingerprint density at radius 3 is 2.89 bits per heavy atom. The summed E-state index contributed by atoms with van der Waals surface area (Å²) in [5.41, 5.74) is 1.08. The van der Waals surface area contributed by atoms with Gasteiger partial charge in [-0.25, -0.2) is 9.78 Å². The van der Waals surface area contributed by atoms with Gasteiger partial charge in [0.15, 0.2) is 6.61 Å². The lowest BCUT2D eigenvalue weighted by Gasteiger charge is -2.22. The predicted molar refractivity (Wildman–Crippen MR) is 104 cm³/mol. The maximum Gasteiger partial charge on any atom is 0.344 e. The third-order valence-electron chi connectivity index (χ3n) is 4.14. The Bertz CT molecular complexity index is 827. The van der Waals surface area contributed by atoms with Crippen molar-refractivity contribution in [1.82, 2.24) is 4.98 Å². The van der Waals surface area contributed by atoms with E-state index in [2.05, 4.69) is 11.9 Å². The maximum absolute atomic E-state index is 12.8. The average Bonchev–Trinajstić information content (AvgIpc) is 2.84. The van der Waals surface area contributed by atoms with E-state index in [0.29, 0.717) is 18.4 Å². The first-order chi connectivity index (χ1) is 13.1. The molecule has 0 radical (unpaired) electrons. The molecule has 27 heavy (non-hydrogen) atoms. The summed E-state index contributed by atoms with van der Waals surface area (Å²) >= 11 is 1.76. The van der Waals surface area contributed by atoms with E-state index < -0.39 is 5.97 Å². The van der Waals surface area contributed by atoms with Crippen LogP contribution in [0.4, 0.5) is 5.69 Å². The minimum absolute atomic E-state index is 0.211. The van der Waals surface area contributed by atoms with E-state index in [0.717, 1.165) is 17.0 Å². The highest BCUT2D eigenvalue weighted by atomic mass is 32.2. The molecule has 1 aromatic heterocycles. The number of para-hydroxylation sites is 1. The van der Waals surface area contributed by atoms with Crippen molar-refractivity contribution in [2.75, 3.05) is 24.7 Å². The molecule has 2 heterocycles. The zero-order valence-corrected chi connectivity index (χ0v) is 16.2. The van der Waals surface area contributed by atoms with E-state index in [1.165, 1.54) is 0 Å². The monoisotopic (exact) mass is 386 g/mol. The lowest BCUT2D eigenvalue weighted by atomic mass is 10.2. The molecule has 0 spiro atoms. The first kappa shape index (κ1) is 19.2. The largest absolute Gasteiger partial charge is 0.477 e. The second-order valence-corrected chi connectivity index (χ2v) is 7.58. The summed E-state index contributed by atoms with van der Waals surface area (Å²) in [5.74, 6) is -0.652. The molecule has 0 saturated heterocycles.